The van der Waals surface area contributed by atoms with Gasteiger partial charge >= 0.3 is 6.36 Å². The number of rotatable bonds is 5. The van der Waals surface area contributed by atoms with Crippen LogP contribution in [0, 0.1) is 0 Å². The van der Waals surface area contributed by atoms with Gasteiger partial charge in [-0.05, 0) is 31.2 Å². The van der Waals surface area contributed by atoms with E-state index in [-0.39, 0.29) is 0 Å². The van der Waals surface area contributed by atoms with Crippen molar-refractivity contribution in [1.82, 2.24) is 9.71 Å². The number of alkyl halides is 3. The van der Waals surface area contributed by atoms with E-state index in [0.717, 1.165) is 12.1 Å². The number of benzene rings is 1. The average Bonchev–Trinajstić information content (AvgIpc) is 2.46. The Kier molecular flexibility index (Phi) is 4.90. The first kappa shape index (κ1) is 17.2. The predicted octanol–water partition coefficient (Wildman–Crippen LogP) is 3.02. The summed E-state index contributed by atoms with van der Waals surface area (Å²) in [7, 11) is -4.23. The summed E-state index contributed by atoms with van der Waals surface area (Å²) in [5.74, 6) is -0.791. The van der Waals surface area contributed by atoms with E-state index in [1.54, 1.807) is 18.2 Å². The SMILES string of the molecule is C[C@H](NS(=O)(=O)c1ccccc1OC(F)(F)F)c1ccccn1. The summed E-state index contributed by atoms with van der Waals surface area (Å²) in [6.07, 6.45) is -3.50. The van der Waals surface area contributed by atoms with Gasteiger partial charge in [0.25, 0.3) is 0 Å². The van der Waals surface area contributed by atoms with Crippen molar-refractivity contribution in [3.63, 3.8) is 0 Å². The lowest BCUT2D eigenvalue weighted by Crippen LogP contribution is -2.28. The number of nitrogens with zero attached hydrogens (tertiary/aromatic N) is 1. The zero-order valence-electron chi connectivity index (χ0n) is 11.9. The first-order chi connectivity index (χ1) is 10.7. The second-order valence-corrected chi connectivity index (χ2v) is 6.27. The Morgan fingerprint density at radius 3 is 2.39 bits per heavy atom. The quantitative estimate of drug-likeness (QED) is 0.904. The van der Waals surface area contributed by atoms with Gasteiger partial charge in [0.2, 0.25) is 10.0 Å². The van der Waals surface area contributed by atoms with E-state index < -0.39 is 33.1 Å². The highest BCUT2D eigenvalue weighted by atomic mass is 32.2. The topological polar surface area (TPSA) is 68.3 Å². The van der Waals surface area contributed by atoms with Gasteiger partial charge in [-0.25, -0.2) is 13.1 Å². The summed E-state index contributed by atoms with van der Waals surface area (Å²) in [4.78, 5) is 3.40. The minimum atomic E-state index is -4.99. The van der Waals surface area contributed by atoms with Crippen molar-refractivity contribution in [3.05, 3.63) is 54.4 Å². The van der Waals surface area contributed by atoms with Crippen LogP contribution in [0.2, 0.25) is 0 Å². The zero-order chi connectivity index (χ0) is 17.1. The molecule has 0 unspecified atom stereocenters. The summed E-state index contributed by atoms with van der Waals surface area (Å²) < 4.78 is 67.9. The molecule has 0 aliphatic heterocycles. The Balaban J connectivity index is 2.30. The van der Waals surface area contributed by atoms with Gasteiger partial charge in [-0.3, -0.25) is 4.98 Å². The fraction of sp³-hybridized carbons (Fsp3) is 0.214. The van der Waals surface area contributed by atoms with Gasteiger partial charge in [-0.2, -0.15) is 0 Å². The molecule has 9 heteroatoms. The van der Waals surface area contributed by atoms with Gasteiger partial charge in [0.15, 0.2) is 0 Å². The van der Waals surface area contributed by atoms with Crippen LogP contribution in [0.5, 0.6) is 5.75 Å². The predicted molar refractivity (Wildman–Crippen MR) is 76.1 cm³/mol. The van der Waals surface area contributed by atoms with Crippen LogP contribution in [0.4, 0.5) is 13.2 Å². The number of para-hydroxylation sites is 1. The van der Waals surface area contributed by atoms with Crippen molar-refractivity contribution in [2.45, 2.75) is 24.2 Å². The highest BCUT2D eigenvalue weighted by Crippen LogP contribution is 2.30. The Morgan fingerprint density at radius 2 is 1.78 bits per heavy atom. The Labute approximate surface area is 131 Å². The number of aromatic nitrogens is 1. The summed E-state index contributed by atoms with van der Waals surface area (Å²) in [6.45, 7) is 1.53. The summed E-state index contributed by atoms with van der Waals surface area (Å²) in [5, 5.41) is 0. The van der Waals surface area contributed by atoms with Crippen LogP contribution in [-0.2, 0) is 10.0 Å². The molecule has 1 heterocycles. The third-order valence-electron chi connectivity index (χ3n) is 2.83. The molecule has 1 atom stereocenters. The number of ether oxygens (including phenoxy) is 1. The lowest BCUT2D eigenvalue weighted by Gasteiger charge is -2.16. The molecule has 0 amide bonds. The molecule has 0 radical (unpaired) electrons. The standard InChI is InChI=1S/C14H13F3N2O3S/c1-10(11-6-4-5-9-18-11)19-23(20,21)13-8-3-2-7-12(13)22-14(15,16)17/h2-10,19H,1H3/t10-/m0/s1. The highest BCUT2D eigenvalue weighted by molar-refractivity contribution is 7.89. The minimum Gasteiger partial charge on any atom is -0.404 e. The number of nitrogens with one attached hydrogen (secondary N) is 1. The molecule has 2 rings (SSSR count). The molecule has 0 saturated carbocycles. The molecule has 0 saturated heterocycles. The van der Waals surface area contributed by atoms with Gasteiger partial charge in [-0.1, -0.05) is 18.2 Å². The largest absolute Gasteiger partial charge is 0.573 e. The van der Waals surface area contributed by atoms with Crippen LogP contribution in [0.3, 0.4) is 0 Å². The number of halogens is 3. The number of pyridine rings is 1. The molecule has 5 nitrogen and oxygen atoms in total. The smallest absolute Gasteiger partial charge is 0.404 e. The molecule has 0 aliphatic rings. The van der Waals surface area contributed by atoms with E-state index in [9.17, 15) is 21.6 Å². The molecule has 0 spiro atoms. The first-order valence-corrected chi connectivity index (χ1v) is 7.95. The van der Waals surface area contributed by atoms with E-state index in [2.05, 4.69) is 14.4 Å². The normalized spacial score (nSPS) is 13.6. The lowest BCUT2D eigenvalue weighted by molar-refractivity contribution is -0.275. The molecule has 1 N–H and O–H groups in total. The van der Waals surface area contributed by atoms with Gasteiger partial charge in [-0.15, -0.1) is 13.2 Å². The molecular formula is C14H13F3N2O3S. The molecule has 23 heavy (non-hydrogen) atoms. The van der Waals surface area contributed by atoms with Crippen LogP contribution < -0.4 is 9.46 Å². The van der Waals surface area contributed by atoms with E-state index in [4.69, 9.17) is 0 Å². The van der Waals surface area contributed by atoms with Crippen molar-refractivity contribution in [2.75, 3.05) is 0 Å². The van der Waals surface area contributed by atoms with Gasteiger partial charge < -0.3 is 4.74 Å². The summed E-state index contributed by atoms with van der Waals surface area (Å²) in [6, 6.07) is 8.75. The maximum Gasteiger partial charge on any atom is 0.573 e. The van der Waals surface area contributed by atoms with Crippen molar-refractivity contribution >= 4 is 10.0 Å². The van der Waals surface area contributed by atoms with Gasteiger partial charge in [0, 0.05) is 6.20 Å². The number of hydrogen-bond donors (Lipinski definition) is 1. The third kappa shape index (κ3) is 4.67. The number of hydrogen-bond acceptors (Lipinski definition) is 4. The minimum absolute atomic E-state index is 0.435. The molecule has 124 valence electrons. The Morgan fingerprint density at radius 1 is 1.13 bits per heavy atom. The summed E-state index contributed by atoms with van der Waals surface area (Å²) >= 11 is 0. The molecular weight excluding hydrogens is 333 g/mol. The van der Waals surface area contributed by atoms with Crippen LogP contribution in [-0.4, -0.2) is 19.8 Å². The van der Waals surface area contributed by atoms with Crippen molar-refractivity contribution in [2.24, 2.45) is 0 Å². The molecule has 1 aromatic heterocycles. The average molecular weight is 346 g/mol. The van der Waals surface area contributed by atoms with Crippen LogP contribution in [0.25, 0.3) is 0 Å². The zero-order valence-corrected chi connectivity index (χ0v) is 12.7. The van der Waals surface area contributed by atoms with E-state index in [1.807, 2.05) is 0 Å². The van der Waals surface area contributed by atoms with E-state index in [0.29, 0.717) is 5.69 Å². The van der Waals surface area contributed by atoms with E-state index >= 15 is 0 Å². The van der Waals surface area contributed by atoms with Gasteiger partial charge in [0.05, 0.1) is 11.7 Å². The third-order valence-corrected chi connectivity index (χ3v) is 4.41. The molecule has 0 aliphatic carbocycles. The van der Waals surface area contributed by atoms with Crippen molar-refractivity contribution in [3.8, 4) is 5.75 Å². The first-order valence-electron chi connectivity index (χ1n) is 6.47. The molecule has 2 aromatic rings. The van der Waals surface area contributed by atoms with Crippen molar-refractivity contribution in [1.29, 1.82) is 0 Å². The van der Waals surface area contributed by atoms with E-state index in [1.165, 1.54) is 25.3 Å². The lowest BCUT2D eigenvalue weighted by atomic mass is 10.2. The Hall–Kier alpha value is -2.13. The molecule has 0 bridgehead atoms. The number of sulfonamides is 1. The van der Waals surface area contributed by atoms with Crippen LogP contribution in [0.1, 0.15) is 18.7 Å². The fourth-order valence-corrected chi connectivity index (χ4v) is 3.22. The van der Waals surface area contributed by atoms with Gasteiger partial charge in [0.1, 0.15) is 10.6 Å². The maximum atomic E-state index is 12.4. The Bertz CT molecular complexity index is 764. The highest BCUT2D eigenvalue weighted by Gasteiger charge is 2.34. The molecule has 0 fully saturated rings. The monoisotopic (exact) mass is 346 g/mol. The van der Waals surface area contributed by atoms with Crippen LogP contribution >= 0.6 is 0 Å². The molecule has 1 aromatic carbocycles. The maximum absolute atomic E-state index is 12.4. The second kappa shape index (κ2) is 6.55. The fourth-order valence-electron chi connectivity index (χ4n) is 1.87. The van der Waals surface area contributed by atoms with Crippen LogP contribution in [0.15, 0.2) is 53.6 Å². The summed E-state index contributed by atoms with van der Waals surface area (Å²) in [5.41, 5.74) is 0.435. The second-order valence-electron chi connectivity index (χ2n) is 4.59. The van der Waals surface area contributed by atoms with Crippen molar-refractivity contribution < 1.29 is 26.3 Å².